The lowest BCUT2D eigenvalue weighted by atomic mass is 10.0. The summed E-state index contributed by atoms with van der Waals surface area (Å²) in [6.45, 7) is 0.770. The number of carbonyl (C=O) groups excluding carboxylic acids is 2. The number of hydrogen-bond donors (Lipinski definition) is 3. The van der Waals surface area contributed by atoms with Crippen molar-refractivity contribution >= 4 is 28.3 Å². The molecule has 0 aliphatic heterocycles. The van der Waals surface area contributed by atoms with Crippen molar-refractivity contribution in [3.05, 3.63) is 69.6 Å². The molecule has 3 rings (SSSR count). The van der Waals surface area contributed by atoms with Crippen LogP contribution in [0.1, 0.15) is 26.4 Å². The maximum atomic E-state index is 12.8. The smallest absolute Gasteiger partial charge is 0.272 e. The number of H-pyrrole nitrogens is 1. The number of rotatable bonds is 6. The summed E-state index contributed by atoms with van der Waals surface area (Å²) in [4.78, 5) is 39.1. The molecular weight excluding hydrogens is 384 g/mol. The number of nitrogens with two attached hydrogens (primary N) is 1. The summed E-state index contributed by atoms with van der Waals surface area (Å²) in [6, 6.07) is 10.6. The lowest BCUT2D eigenvalue weighted by Crippen LogP contribution is -2.22. The molecule has 0 atom stereocenters. The van der Waals surface area contributed by atoms with E-state index in [1.165, 1.54) is 18.2 Å². The number of alkyl halides is 2. The van der Waals surface area contributed by atoms with E-state index < -0.39 is 30.4 Å². The van der Waals surface area contributed by atoms with Gasteiger partial charge in [0.1, 0.15) is 18.1 Å². The largest absolute Gasteiger partial charge is 0.485 e. The highest BCUT2D eigenvalue weighted by atomic mass is 19.3. The van der Waals surface area contributed by atoms with Crippen LogP contribution in [0.25, 0.3) is 10.8 Å². The molecule has 7 nitrogen and oxygen atoms in total. The van der Waals surface area contributed by atoms with Gasteiger partial charge in [-0.1, -0.05) is 18.2 Å². The van der Waals surface area contributed by atoms with Gasteiger partial charge in [0, 0.05) is 10.9 Å². The van der Waals surface area contributed by atoms with Crippen LogP contribution in [-0.4, -0.2) is 29.8 Å². The number of carbonyl (C=O) groups is 2. The average Bonchev–Trinajstić information content (AvgIpc) is 2.69. The van der Waals surface area contributed by atoms with Gasteiger partial charge in [0.15, 0.2) is 0 Å². The molecule has 0 radical (unpaired) electrons. The molecule has 1 heterocycles. The molecule has 0 aliphatic carbocycles. The summed E-state index contributed by atoms with van der Waals surface area (Å²) in [6.07, 6.45) is -2.73. The minimum atomic E-state index is -2.73. The van der Waals surface area contributed by atoms with Crippen LogP contribution in [0.4, 0.5) is 14.5 Å². The molecule has 0 fully saturated rings. The second-order valence-corrected chi connectivity index (χ2v) is 6.23. The second-order valence-electron chi connectivity index (χ2n) is 6.23. The van der Waals surface area contributed by atoms with Crippen LogP contribution in [0.2, 0.25) is 0 Å². The molecule has 0 saturated heterocycles. The first-order valence-electron chi connectivity index (χ1n) is 8.55. The van der Waals surface area contributed by atoms with Gasteiger partial charge in [-0.3, -0.25) is 14.4 Å². The van der Waals surface area contributed by atoms with Crippen LogP contribution in [0.5, 0.6) is 5.75 Å². The maximum absolute atomic E-state index is 12.8. The van der Waals surface area contributed by atoms with Crippen LogP contribution in [0, 0.1) is 6.92 Å². The quantitative estimate of drug-likeness (QED) is 0.589. The van der Waals surface area contributed by atoms with Crippen molar-refractivity contribution in [1.29, 1.82) is 0 Å². The molecule has 2 amide bonds. The van der Waals surface area contributed by atoms with Crippen LogP contribution in [-0.2, 0) is 0 Å². The number of pyridine rings is 1. The fraction of sp³-hybridized carbons (Fsp3) is 0.150. The zero-order valence-corrected chi connectivity index (χ0v) is 15.3. The number of benzene rings is 2. The van der Waals surface area contributed by atoms with Crippen LogP contribution >= 0.6 is 0 Å². The van der Waals surface area contributed by atoms with E-state index in [1.54, 1.807) is 31.2 Å². The first-order chi connectivity index (χ1) is 13.8. The second kappa shape index (κ2) is 8.09. The van der Waals surface area contributed by atoms with E-state index >= 15 is 0 Å². The van der Waals surface area contributed by atoms with Gasteiger partial charge in [0.25, 0.3) is 17.9 Å². The highest BCUT2D eigenvalue weighted by molar-refractivity contribution is 6.07. The Hall–Kier alpha value is -3.75. The van der Waals surface area contributed by atoms with Gasteiger partial charge >= 0.3 is 0 Å². The highest BCUT2D eigenvalue weighted by Gasteiger charge is 2.18. The number of ether oxygens (including phenoxy) is 1. The highest BCUT2D eigenvalue weighted by Crippen LogP contribution is 2.27. The Bertz CT molecular complexity index is 1160. The third-order valence-electron chi connectivity index (χ3n) is 4.29. The predicted octanol–water partition coefficient (Wildman–Crippen LogP) is 2.83. The Morgan fingerprint density at radius 2 is 1.86 bits per heavy atom. The van der Waals surface area contributed by atoms with Gasteiger partial charge in [-0.2, -0.15) is 0 Å². The Morgan fingerprint density at radius 1 is 1.17 bits per heavy atom. The average molecular weight is 401 g/mol. The minimum absolute atomic E-state index is 0.00186. The number of hydrogen-bond acceptors (Lipinski definition) is 4. The Balaban J connectivity index is 2.01. The molecule has 1 aromatic heterocycles. The number of anilines is 1. The standard InChI is InChI=1S/C20H17F2N3O4/c1-10-12-4-2-3-5-13(12)19(27)25-17(10)20(28)24-14-8-11(18(23)26)6-7-15(14)29-9-16(21)22/h2-8,16H,9H2,1H3,(H2,23,26)(H,24,28)(H,25,27). The van der Waals surface area contributed by atoms with Crippen molar-refractivity contribution in [2.75, 3.05) is 11.9 Å². The van der Waals surface area contributed by atoms with E-state index in [0.717, 1.165) is 0 Å². The van der Waals surface area contributed by atoms with E-state index in [1.807, 2.05) is 0 Å². The Kier molecular flexibility index (Phi) is 5.58. The molecule has 9 heteroatoms. The molecule has 0 aliphatic rings. The van der Waals surface area contributed by atoms with Gasteiger partial charge in [0.2, 0.25) is 5.91 Å². The van der Waals surface area contributed by atoms with Crippen molar-refractivity contribution in [3.8, 4) is 5.75 Å². The number of halogens is 2. The monoisotopic (exact) mass is 401 g/mol. The number of primary amides is 1. The van der Waals surface area contributed by atoms with E-state index in [4.69, 9.17) is 10.5 Å². The normalized spacial score (nSPS) is 10.9. The summed E-state index contributed by atoms with van der Waals surface area (Å²) in [5, 5.41) is 3.52. The predicted molar refractivity (Wildman–Crippen MR) is 104 cm³/mol. The molecule has 0 unspecified atom stereocenters. The Morgan fingerprint density at radius 3 is 2.52 bits per heavy atom. The third kappa shape index (κ3) is 4.23. The van der Waals surface area contributed by atoms with E-state index in [0.29, 0.717) is 16.3 Å². The first-order valence-corrected chi connectivity index (χ1v) is 8.55. The number of aryl methyl sites for hydroxylation is 1. The number of amides is 2. The van der Waals surface area contributed by atoms with Crippen molar-refractivity contribution in [2.45, 2.75) is 13.3 Å². The lowest BCUT2D eigenvalue weighted by molar-refractivity contribution is 0.0821. The molecule has 3 aromatic rings. The number of fused-ring (bicyclic) bond motifs is 1. The molecule has 0 spiro atoms. The van der Waals surface area contributed by atoms with Crippen molar-refractivity contribution in [3.63, 3.8) is 0 Å². The van der Waals surface area contributed by atoms with E-state index in [2.05, 4.69) is 10.3 Å². The van der Waals surface area contributed by atoms with Crippen LogP contribution in [0.3, 0.4) is 0 Å². The van der Waals surface area contributed by atoms with Gasteiger partial charge in [-0.15, -0.1) is 0 Å². The third-order valence-corrected chi connectivity index (χ3v) is 4.29. The molecule has 2 aromatic carbocycles. The lowest BCUT2D eigenvalue weighted by Gasteiger charge is -2.14. The molecular formula is C20H17F2N3O4. The molecule has 0 bridgehead atoms. The number of nitrogens with one attached hydrogen (secondary N) is 2. The van der Waals surface area contributed by atoms with Crippen LogP contribution in [0.15, 0.2) is 47.3 Å². The van der Waals surface area contributed by atoms with Gasteiger partial charge in [-0.25, -0.2) is 8.78 Å². The summed E-state index contributed by atoms with van der Waals surface area (Å²) in [7, 11) is 0. The van der Waals surface area contributed by atoms with Crippen molar-refractivity contribution in [1.82, 2.24) is 4.98 Å². The molecule has 0 saturated carbocycles. The first kappa shape index (κ1) is 20.0. The summed E-state index contributed by atoms with van der Waals surface area (Å²) in [5.41, 5.74) is 5.34. The molecule has 29 heavy (non-hydrogen) atoms. The van der Waals surface area contributed by atoms with Gasteiger partial charge in [0.05, 0.1) is 5.69 Å². The summed E-state index contributed by atoms with van der Waals surface area (Å²) >= 11 is 0. The van der Waals surface area contributed by atoms with Crippen LogP contribution < -0.4 is 21.3 Å². The van der Waals surface area contributed by atoms with Gasteiger partial charge in [-0.05, 0) is 42.1 Å². The van der Waals surface area contributed by atoms with E-state index in [-0.39, 0.29) is 22.7 Å². The fourth-order valence-electron chi connectivity index (χ4n) is 2.89. The fourth-order valence-corrected chi connectivity index (χ4v) is 2.89. The zero-order valence-electron chi connectivity index (χ0n) is 15.3. The number of aromatic nitrogens is 1. The molecule has 4 N–H and O–H groups in total. The topological polar surface area (TPSA) is 114 Å². The molecule has 150 valence electrons. The van der Waals surface area contributed by atoms with Crippen molar-refractivity contribution in [2.24, 2.45) is 5.73 Å². The maximum Gasteiger partial charge on any atom is 0.272 e. The van der Waals surface area contributed by atoms with Gasteiger partial charge < -0.3 is 20.8 Å². The SMILES string of the molecule is Cc1c(C(=O)Nc2cc(C(N)=O)ccc2OCC(F)F)[nH]c(=O)c2ccccc12. The zero-order chi connectivity index (χ0) is 21.1. The Labute approximate surface area is 163 Å². The summed E-state index contributed by atoms with van der Waals surface area (Å²) < 4.78 is 30.0. The van der Waals surface area contributed by atoms with Crippen molar-refractivity contribution < 1.29 is 23.1 Å². The van der Waals surface area contributed by atoms with E-state index in [9.17, 15) is 23.2 Å². The summed E-state index contributed by atoms with van der Waals surface area (Å²) in [5.74, 6) is -1.53. The number of aromatic amines is 1. The minimum Gasteiger partial charge on any atom is -0.485 e.